The van der Waals surface area contributed by atoms with Gasteiger partial charge in [-0.15, -0.1) is 25.7 Å². The fourth-order valence-corrected chi connectivity index (χ4v) is 3.46. The maximum absolute atomic E-state index is 14.4. The summed E-state index contributed by atoms with van der Waals surface area (Å²) in [4.78, 5) is 10.7. The summed E-state index contributed by atoms with van der Waals surface area (Å²) in [7, 11) is 0.750. The SMILES string of the molecule is C=C.C=C(C)/C=C\C.C=CCn1ncc2c(F)cc(Nc3ncc(N4CC#CCCC4)c(N)n3)cc21.C[O-].[K+]. The molecule has 0 amide bonds. The summed E-state index contributed by atoms with van der Waals surface area (Å²) in [5.41, 5.74) is 9.19. The van der Waals surface area contributed by atoms with Crippen LogP contribution in [0.15, 0.2) is 74.6 Å². The van der Waals surface area contributed by atoms with E-state index in [0.717, 1.165) is 37.8 Å². The molecule has 0 saturated heterocycles. The Morgan fingerprint density at radius 3 is 2.56 bits per heavy atom. The normalized spacial score (nSPS) is 11.6. The first-order valence-electron chi connectivity index (χ1n) is 12.0. The molecule has 0 radical (unpaired) electrons. The number of nitrogens with one attached hydrogen (secondary N) is 1. The summed E-state index contributed by atoms with van der Waals surface area (Å²) in [5.74, 6) is 6.50. The topological polar surface area (TPSA) is 108 Å². The minimum absolute atomic E-state index is 0. The van der Waals surface area contributed by atoms with Gasteiger partial charge in [-0.2, -0.15) is 17.2 Å². The smallest absolute Gasteiger partial charge is 0.857 e. The summed E-state index contributed by atoms with van der Waals surface area (Å²) < 4.78 is 16.1. The zero-order chi connectivity index (χ0) is 28.5. The van der Waals surface area contributed by atoms with Gasteiger partial charge in [0.2, 0.25) is 5.95 Å². The van der Waals surface area contributed by atoms with Crippen molar-refractivity contribution in [3.05, 3.63) is 80.5 Å². The summed E-state index contributed by atoms with van der Waals surface area (Å²) in [6.45, 7) is 19.3. The van der Waals surface area contributed by atoms with Crippen molar-refractivity contribution in [2.75, 3.05) is 36.1 Å². The molecular weight excluding hydrogens is 520 g/mol. The number of hydrogen-bond donors (Lipinski definition) is 2. The molecule has 3 aromatic rings. The molecule has 1 aliphatic heterocycles. The van der Waals surface area contributed by atoms with E-state index in [2.05, 4.69) is 63.4 Å². The van der Waals surface area contributed by atoms with Crippen LogP contribution in [0.5, 0.6) is 0 Å². The zero-order valence-electron chi connectivity index (χ0n) is 23.5. The maximum Gasteiger partial charge on any atom is 1.00 e. The average molecular weight is 558 g/mol. The Morgan fingerprint density at radius 2 is 1.97 bits per heavy atom. The number of nitrogens with two attached hydrogens (primary N) is 1. The molecule has 202 valence electrons. The first kappa shape index (κ1) is 36.2. The van der Waals surface area contributed by atoms with Crippen molar-refractivity contribution in [1.82, 2.24) is 19.7 Å². The number of aromatic nitrogens is 4. The van der Waals surface area contributed by atoms with Gasteiger partial charge in [-0.1, -0.05) is 36.3 Å². The van der Waals surface area contributed by atoms with Gasteiger partial charge in [-0.05, 0) is 32.4 Å². The predicted molar refractivity (Wildman–Crippen MR) is 156 cm³/mol. The van der Waals surface area contributed by atoms with Crippen LogP contribution < -0.4 is 72.4 Å². The third-order valence-electron chi connectivity index (χ3n) is 4.98. The molecule has 2 aromatic heterocycles. The van der Waals surface area contributed by atoms with Gasteiger partial charge in [0.1, 0.15) is 5.82 Å². The van der Waals surface area contributed by atoms with E-state index in [-0.39, 0.29) is 57.2 Å². The Hall–Kier alpha value is -2.78. The quantitative estimate of drug-likeness (QED) is 0.207. The Kier molecular flexibility index (Phi) is 18.7. The number of allylic oxidation sites excluding steroid dienone is 4. The summed E-state index contributed by atoms with van der Waals surface area (Å²) >= 11 is 0. The van der Waals surface area contributed by atoms with Gasteiger partial charge in [0.05, 0.1) is 42.1 Å². The van der Waals surface area contributed by atoms with E-state index in [9.17, 15) is 4.39 Å². The molecule has 3 N–H and O–H groups in total. The Bertz CT molecular complexity index is 1290. The van der Waals surface area contributed by atoms with Crippen LogP contribution in [0.25, 0.3) is 10.9 Å². The number of anilines is 4. The van der Waals surface area contributed by atoms with Crippen LogP contribution in [0.4, 0.5) is 27.5 Å². The van der Waals surface area contributed by atoms with E-state index in [1.165, 1.54) is 12.3 Å². The van der Waals surface area contributed by atoms with Gasteiger partial charge >= 0.3 is 51.4 Å². The Morgan fingerprint density at radius 1 is 1.26 bits per heavy atom. The number of halogens is 1. The van der Waals surface area contributed by atoms with E-state index in [0.29, 0.717) is 41.4 Å². The molecule has 0 bridgehead atoms. The number of hydrogen-bond acceptors (Lipinski definition) is 7. The summed E-state index contributed by atoms with van der Waals surface area (Å²) in [6.07, 6.45) is 10.7. The van der Waals surface area contributed by atoms with Crippen LogP contribution in [0, 0.1) is 17.7 Å². The van der Waals surface area contributed by atoms with Crippen molar-refractivity contribution >= 4 is 34.0 Å². The molecule has 10 heteroatoms. The van der Waals surface area contributed by atoms with E-state index in [4.69, 9.17) is 10.8 Å². The van der Waals surface area contributed by atoms with Crippen molar-refractivity contribution < 1.29 is 60.9 Å². The van der Waals surface area contributed by atoms with Gasteiger partial charge in [0.15, 0.2) is 5.82 Å². The number of benzene rings is 1. The van der Waals surface area contributed by atoms with E-state index in [1.807, 2.05) is 26.0 Å². The summed E-state index contributed by atoms with van der Waals surface area (Å²) in [5, 5.41) is 15.9. The minimum Gasteiger partial charge on any atom is -0.857 e. The standard InChI is InChI=1S/C20H20FN7.C6H10.C2H4.CH3O.K/c1-2-7-28-17-11-14(10-16(21)15(17)12-24-28)25-20-23-13-18(19(22)26-20)27-8-5-3-4-6-9-27;1-4-5-6(2)3;2*1-2;/h2,10-13H,1,3,5,7-9H2,(H3,22,23,25,26);4-5H,2H2,1,3H3;1-2H2;1H3;/q;;;-1;+1/b;5-4-;;;. The first-order valence-corrected chi connectivity index (χ1v) is 12.0. The van der Waals surface area contributed by atoms with Gasteiger partial charge < -0.3 is 21.1 Å². The number of nitrogen functional groups attached to an aromatic ring is 1. The minimum atomic E-state index is -0.372. The van der Waals surface area contributed by atoms with Crippen molar-refractivity contribution in [1.29, 1.82) is 0 Å². The molecule has 0 atom stereocenters. The molecule has 0 saturated carbocycles. The maximum atomic E-state index is 14.4. The Balaban J connectivity index is 0.00000115. The zero-order valence-corrected chi connectivity index (χ0v) is 26.6. The fraction of sp³-hybridized carbons (Fsp3) is 0.276. The number of rotatable bonds is 6. The van der Waals surface area contributed by atoms with E-state index in [1.54, 1.807) is 23.0 Å². The van der Waals surface area contributed by atoms with Crippen molar-refractivity contribution in [2.24, 2.45) is 0 Å². The second kappa shape index (κ2) is 20.2. The second-order valence-electron chi connectivity index (χ2n) is 7.82. The van der Waals surface area contributed by atoms with Crippen molar-refractivity contribution in [3.63, 3.8) is 0 Å². The van der Waals surface area contributed by atoms with Crippen LogP contribution >= 0.6 is 0 Å². The monoisotopic (exact) mass is 557 g/mol. The second-order valence-corrected chi connectivity index (χ2v) is 7.82. The van der Waals surface area contributed by atoms with Crippen LogP contribution in [-0.2, 0) is 6.54 Å². The first-order chi connectivity index (χ1) is 18.4. The van der Waals surface area contributed by atoms with Crippen molar-refractivity contribution in [3.8, 4) is 11.8 Å². The largest absolute Gasteiger partial charge is 1.00 e. The number of nitrogens with zero attached hydrogens (tertiary/aromatic N) is 5. The van der Waals surface area contributed by atoms with E-state index < -0.39 is 0 Å². The molecular formula is C29H37FKN7O. The molecule has 8 nitrogen and oxygen atoms in total. The number of fused-ring (bicyclic) bond motifs is 1. The molecule has 3 heterocycles. The molecule has 0 fully saturated rings. The molecule has 0 aliphatic carbocycles. The van der Waals surface area contributed by atoms with Crippen LogP contribution in [0.1, 0.15) is 26.7 Å². The van der Waals surface area contributed by atoms with E-state index >= 15 is 0 Å². The van der Waals surface area contributed by atoms with Crippen molar-refractivity contribution in [2.45, 2.75) is 33.2 Å². The molecule has 1 aromatic carbocycles. The third kappa shape index (κ3) is 11.5. The molecule has 1 aliphatic rings. The average Bonchev–Trinajstić information content (AvgIpc) is 3.12. The molecule has 0 spiro atoms. The molecule has 4 rings (SSSR count). The van der Waals surface area contributed by atoms with Gasteiger partial charge in [-0.3, -0.25) is 4.68 Å². The van der Waals surface area contributed by atoms with Crippen LogP contribution in [0.3, 0.4) is 0 Å². The van der Waals surface area contributed by atoms with Gasteiger partial charge in [-0.25, -0.2) is 9.37 Å². The fourth-order valence-electron chi connectivity index (χ4n) is 3.46. The molecule has 39 heavy (non-hydrogen) atoms. The predicted octanol–water partition coefficient (Wildman–Crippen LogP) is 2.00. The van der Waals surface area contributed by atoms with Crippen LogP contribution in [-0.4, -0.2) is 39.9 Å². The summed E-state index contributed by atoms with van der Waals surface area (Å²) in [6, 6.07) is 3.19. The Labute approximate surface area is 274 Å². The van der Waals surface area contributed by atoms with Gasteiger partial charge in [0, 0.05) is 18.7 Å². The van der Waals surface area contributed by atoms with Gasteiger partial charge in [0.25, 0.3) is 0 Å². The van der Waals surface area contributed by atoms with Crippen LogP contribution in [0.2, 0.25) is 0 Å². The third-order valence-corrected chi connectivity index (χ3v) is 4.98. The molecule has 0 unspecified atom stereocenters.